The summed E-state index contributed by atoms with van der Waals surface area (Å²) in [5, 5.41) is 3.72. The minimum atomic E-state index is 0.0728. The van der Waals surface area contributed by atoms with Gasteiger partial charge in [0.2, 0.25) is 0 Å². The zero-order valence-corrected chi connectivity index (χ0v) is 28.0. The molecule has 0 aliphatic heterocycles. The van der Waals surface area contributed by atoms with E-state index in [-0.39, 0.29) is 16.2 Å². The second kappa shape index (κ2) is 12.0. The normalized spacial score (nSPS) is 12.2. The van der Waals surface area contributed by atoms with Gasteiger partial charge in [-0.2, -0.15) is 0 Å². The largest absolute Gasteiger partial charge is 0.355 e. The van der Waals surface area contributed by atoms with Crippen LogP contribution >= 0.6 is 0 Å². The molecule has 0 bridgehead atoms. The lowest BCUT2D eigenvalue weighted by Crippen LogP contribution is -2.14. The molecule has 2 nitrogen and oxygen atoms in total. The highest BCUT2D eigenvalue weighted by molar-refractivity contribution is 5.83. The van der Waals surface area contributed by atoms with Crippen molar-refractivity contribution in [1.82, 2.24) is 0 Å². The van der Waals surface area contributed by atoms with Crippen molar-refractivity contribution in [3.05, 3.63) is 138 Å². The SMILES string of the molecule is CC(C)(C)c1ccc(N(c2ccc(Nc3ccc(C(C)(C)C)cc3-c3ccccc3)cc2)c2ccc(C(C)(C)C)cc2)cc1. The fraction of sp³-hybridized carbons (Fsp3) is 0.286. The van der Waals surface area contributed by atoms with Crippen LogP contribution in [-0.2, 0) is 16.2 Å². The molecule has 0 fully saturated rings. The van der Waals surface area contributed by atoms with E-state index < -0.39 is 0 Å². The van der Waals surface area contributed by atoms with Crippen molar-refractivity contribution in [3.63, 3.8) is 0 Å². The van der Waals surface area contributed by atoms with Gasteiger partial charge in [-0.25, -0.2) is 0 Å². The zero-order chi connectivity index (χ0) is 31.7. The molecule has 0 aromatic heterocycles. The van der Waals surface area contributed by atoms with E-state index in [1.54, 1.807) is 0 Å². The molecule has 0 aliphatic carbocycles. The molecule has 0 radical (unpaired) electrons. The molecule has 0 spiro atoms. The molecule has 0 aliphatic rings. The van der Waals surface area contributed by atoms with E-state index in [9.17, 15) is 0 Å². The van der Waals surface area contributed by atoms with Crippen LogP contribution in [0.25, 0.3) is 11.1 Å². The summed E-state index contributed by atoms with van der Waals surface area (Å²) in [6.07, 6.45) is 0. The molecule has 0 atom stereocenters. The van der Waals surface area contributed by atoms with Crippen molar-refractivity contribution in [2.24, 2.45) is 0 Å². The van der Waals surface area contributed by atoms with Crippen LogP contribution in [0.2, 0.25) is 0 Å². The second-order valence-electron chi connectivity index (χ2n) is 15.0. The Morgan fingerprint density at radius 3 is 1.27 bits per heavy atom. The van der Waals surface area contributed by atoms with Crippen molar-refractivity contribution in [2.75, 3.05) is 10.2 Å². The van der Waals surface area contributed by atoms with Gasteiger partial charge < -0.3 is 10.2 Å². The van der Waals surface area contributed by atoms with Crippen LogP contribution in [0.1, 0.15) is 79.0 Å². The Hall–Kier alpha value is -4.30. The van der Waals surface area contributed by atoms with Gasteiger partial charge in [0.05, 0.1) is 0 Å². The molecule has 226 valence electrons. The third-order valence-corrected chi connectivity index (χ3v) is 8.36. The third kappa shape index (κ3) is 7.08. The molecule has 0 unspecified atom stereocenters. The average Bonchev–Trinajstić information content (AvgIpc) is 2.98. The standard InChI is InChI=1S/C42H48N2/c1-40(2,3)31-15-22-35(23-16-31)44(36-24-17-32(18-25-36)41(4,5)6)37-26-20-34(21-27-37)43-39-28-19-33(42(7,8)9)29-38(39)30-13-11-10-12-14-30/h10-29,43H,1-9H3. The summed E-state index contributed by atoms with van der Waals surface area (Å²) in [6, 6.07) is 44.2. The highest BCUT2D eigenvalue weighted by Gasteiger charge is 2.19. The highest BCUT2D eigenvalue weighted by atomic mass is 15.1. The average molecular weight is 581 g/mol. The first-order valence-electron chi connectivity index (χ1n) is 15.8. The Kier molecular flexibility index (Phi) is 8.49. The van der Waals surface area contributed by atoms with Gasteiger partial charge in [-0.3, -0.25) is 0 Å². The van der Waals surface area contributed by atoms with Crippen LogP contribution in [0.4, 0.5) is 28.4 Å². The first kappa shape index (κ1) is 31.1. The number of rotatable bonds is 6. The van der Waals surface area contributed by atoms with Crippen LogP contribution in [0.5, 0.6) is 0 Å². The summed E-state index contributed by atoms with van der Waals surface area (Å²) < 4.78 is 0. The molecule has 5 aromatic rings. The summed E-state index contributed by atoms with van der Waals surface area (Å²) in [5.74, 6) is 0. The Morgan fingerprint density at radius 1 is 0.432 bits per heavy atom. The van der Waals surface area contributed by atoms with Gasteiger partial charge in [0.25, 0.3) is 0 Å². The van der Waals surface area contributed by atoms with Gasteiger partial charge in [0, 0.05) is 34.0 Å². The van der Waals surface area contributed by atoms with Crippen LogP contribution in [-0.4, -0.2) is 0 Å². The van der Waals surface area contributed by atoms with E-state index in [0.29, 0.717) is 0 Å². The van der Waals surface area contributed by atoms with E-state index in [2.05, 4.69) is 194 Å². The number of hydrogen-bond acceptors (Lipinski definition) is 2. The van der Waals surface area contributed by atoms with Gasteiger partial charge in [-0.1, -0.05) is 123 Å². The highest BCUT2D eigenvalue weighted by Crippen LogP contribution is 2.39. The minimum absolute atomic E-state index is 0.0728. The molecule has 5 aromatic carbocycles. The molecular weight excluding hydrogens is 532 g/mol. The van der Waals surface area contributed by atoms with Crippen molar-refractivity contribution >= 4 is 28.4 Å². The number of nitrogens with one attached hydrogen (secondary N) is 1. The first-order chi connectivity index (χ1) is 20.7. The van der Waals surface area contributed by atoms with Gasteiger partial charge in [-0.05, 0) is 99.2 Å². The molecule has 0 heterocycles. The van der Waals surface area contributed by atoms with Gasteiger partial charge in [-0.15, -0.1) is 0 Å². The fourth-order valence-electron chi connectivity index (χ4n) is 5.49. The maximum Gasteiger partial charge on any atom is 0.0464 e. The van der Waals surface area contributed by atoms with Crippen LogP contribution in [0.3, 0.4) is 0 Å². The van der Waals surface area contributed by atoms with E-state index in [0.717, 1.165) is 28.4 Å². The number of anilines is 5. The van der Waals surface area contributed by atoms with Gasteiger partial charge in [0.1, 0.15) is 0 Å². The summed E-state index contributed by atoms with van der Waals surface area (Å²) in [5.41, 5.74) is 12.3. The predicted octanol–water partition coefficient (Wildman–Crippen LogP) is 12.5. The molecule has 0 saturated heterocycles. The van der Waals surface area contributed by atoms with E-state index in [1.165, 1.54) is 27.8 Å². The molecular formula is C42H48N2. The van der Waals surface area contributed by atoms with Crippen LogP contribution < -0.4 is 10.2 Å². The molecule has 0 amide bonds. The molecule has 2 heteroatoms. The smallest absolute Gasteiger partial charge is 0.0464 e. The lowest BCUT2D eigenvalue weighted by Gasteiger charge is -2.28. The van der Waals surface area contributed by atoms with E-state index in [4.69, 9.17) is 0 Å². The fourth-order valence-corrected chi connectivity index (χ4v) is 5.49. The lowest BCUT2D eigenvalue weighted by atomic mass is 9.85. The quantitative estimate of drug-likeness (QED) is 0.215. The summed E-state index contributed by atoms with van der Waals surface area (Å²) in [7, 11) is 0. The minimum Gasteiger partial charge on any atom is -0.355 e. The summed E-state index contributed by atoms with van der Waals surface area (Å²) >= 11 is 0. The van der Waals surface area contributed by atoms with Crippen molar-refractivity contribution in [1.29, 1.82) is 0 Å². The summed E-state index contributed by atoms with van der Waals surface area (Å²) in [4.78, 5) is 2.34. The van der Waals surface area contributed by atoms with Crippen molar-refractivity contribution < 1.29 is 0 Å². The number of nitrogens with zero attached hydrogens (tertiary/aromatic N) is 1. The Balaban J connectivity index is 1.51. The first-order valence-corrected chi connectivity index (χ1v) is 15.8. The second-order valence-corrected chi connectivity index (χ2v) is 15.0. The van der Waals surface area contributed by atoms with Crippen molar-refractivity contribution in [2.45, 2.75) is 78.6 Å². The predicted molar refractivity (Wildman–Crippen MR) is 192 cm³/mol. The van der Waals surface area contributed by atoms with Crippen LogP contribution in [0, 0.1) is 0 Å². The summed E-state index contributed by atoms with van der Waals surface area (Å²) in [6.45, 7) is 20.4. The molecule has 5 rings (SSSR count). The Bertz CT molecular complexity index is 1620. The molecule has 0 saturated carbocycles. The zero-order valence-electron chi connectivity index (χ0n) is 28.0. The monoisotopic (exact) mass is 580 g/mol. The number of benzene rings is 5. The molecule has 1 N–H and O–H groups in total. The lowest BCUT2D eigenvalue weighted by molar-refractivity contribution is 0.590. The Labute approximate surface area is 265 Å². The topological polar surface area (TPSA) is 15.3 Å². The maximum absolute atomic E-state index is 3.72. The maximum atomic E-state index is 3.72. The third-order valence-electron chi connectivity index (χ3n) is 8.36. The van der Waals surface area contributed by atoms with Gasteiger partial charge in [0.15, 0.2) is 0 Å². The van der Waals surface area contributed by atoms with Crippen molar-refractivity contribution in [3.8, 4) is 11.1 Å². The van der Waals surface area contributed by atoms with Gasteiger partial charge >= 0.3 is 0 Å². The van der Waals surface area contributed by atoms with Crippen LogP contribution in [0.15, 0.2) is 121 Å². The van der Waals surface area contributed by atoms with E-state index in [1.807, 2.05) is 0 Å². The van der Waals surface area contributed by atoms with E-state index >= 15 is 0 Å². The number of hydrogen-bond donors (Lipinski definition) is 1. The molecule has 44 heavy (non-hydrogen) atoms. The Morgan fingerprint density at radius 2 is 0.841 bits per heavy atom.